The molecule has 2 aliphatic heterocycles. The molecule has 0 unspecified atom stereocenters. The number of rotatable bonds is 2. The number of anilines is 1. The summed E-state index contributed by atoms with van der Waals surface area (Å²) in [5.74, 6) is 0.770. The van der Waals surface area contributed by atoms with Gasteiger partial charge in [0.1, 0.15) is 5.84 Å². The highest BCUT2D eigenvalue weighted by atomic mass is 16.1. The fourth-order valence-corrected chi connectivity index (χ4v) is 4.10. The third-order valence-electron chi connectivity index (χ3n) is 5.51. The number of Topliss-reactive ketones (excluding diaryl/α,β-unsaturated/α-hetero) is 1. The van der Waals surface area contributed by atoms with Gasteiger partial charge >= 0.3 is 0 Å². The molecular formula is C20H24N4O2. The number of carbonyl (C=O) groups is 2. The van der Waals surface area contributed by atoms with E-state index in [4.69, 9.17) is 10.7 Å². The van der Waals surface area contributed by atoms with Gasteiger partial charge in [0.2, 0.25) is 0 Å². The molecule has 1 saturated heterocycles. The molecule has 2 heterocycles. The Balaban J connectivity index is 1.48. The number of ketones is 1. The van der Waals surface area contributed by atoms with E-state index in [-0.39, 0.29) is 5.78 Å². The molecule has 0 atom stereocenters. The van der Waals surface area contributed by atoms with Gasteiger partial charge in [0.15, 0.2) is 5.78 Å². The predicted octanol–water partition coefficient (Wildman–Crippen LogP) is 2.11. The van der Waals surface area contributed by atoms with Crippen LogP contribution in [0.3, 0.4) is 0 Å². The number of aliphatic imine (C=N–C) groups is 1. The second-order valence-corrected chi connectivity index (χ2v) is 7.12. The van der Waals surface area contributed by atoms with Gasteiger partial charge in [-0.15, -0.1) is 0 Å². The van der Waals surface area contributed by atoms with Crippen molar-refractivity contribution in [1.29, 1.82) is 0 Å². The monoisotopic (exact) mass is 352 g/mol. The van der Waals surface area contributed by atoms with Gasteiger partial charge in [-0.1, -0.05) is 12.1 Å². The third-order valence-corrected chi connectivity index (χ3v) is 5.51. The standard InChI is InChI=1S/C20H24N4O2/c21-20(26)15-6-2-4-8-17(15)23-9-11-24(12-10-23)19-13-18(25)14-5-1-3-7-16(14)22-19/h2,4,6,8H,1,3,5,7,9-13H2,(H2,21,26). The van der Waals surface area contributed by atoms with Gasteiger partial charge in [0.05, 0.1) is 12.0 Å². The summed E-state index contributed by atoms with van der Waals surface area (Å²) in [4.78, 5) is 33.4. The molecule has 1 aliphatic carbocycles. The lowest BCUT2D eigenvalue weighted by Crippen LogP contribution is -2.50. The van der Waals surface area contributed by atoms with Crippen molar-refractivity contribution in [3.8, 4) is 0 Å². The van der Waals surface area contributed by atoms with Gasteiger partial charge in [-0.25, -0.2) is 4.99 Å². The normalized spacial score (nSPS) is 20.8. The van der Waals surface area contributed by atoms with Gasteiger partial charge < -0.3 is 15.5 Å². The molecule has 2 N–H and O–H groups in total. The summed E-state index contributed by atoms with van der Waals surface area (Å²) in [5, 5.41) is 0. The Hall–Kier alpha value is -2.63. The summed E-state index contributed by atoms with van der Waals surface area (Å²) in [7, 11) is 0. The van der Waals surface area contributed by atoms with Crippen LogP contribution in [-0.2, 0) is 4.79 Å². The number of nitrogens with zero attached hydrogens (tertiary/aromatic N) is 3. The molecule has 3 aliphatic rings. The van der Waals surface area contributed by atoms with Gasteiger partial charge in [-0.2, -0.15) is 0 Å². The van der Waals surface area contributed by atoms with Gasteiger partial charge in [-0.05, 0) is 37.8 Å². The molecule has 6 heteroatoms. The summed E-state index contributed by atoms with van der Waals surface area (Å²) >= 11 is 0. The molecule has 1 aromatic rings. The van der Waals surface area contributed by atoms with E-state index in [1.54, 1.807) is 6.07 Å². The number of amidine groups is 1. The number of carbonyl (C=O) groups excluding carboxylic acids is 2. The van der Waals surface area contributed by atoms with Gasteiger partial charge in [-0.3, -0.25) is 9.59 Å². The second-order valence-electron chi connectivity index (χ2n) is 7.12. The Morgan fingerprint density at radius 3 is 2.46 bits per heavy atom. The van der Waals surface area contributed by atoms with Crippen molar-refractivity contribution in [2.24, 2.45) is 10.7 Å². The van der Waals surface area contributed by atoms with Crippen LogP contribution in [0.25, 0.3) is 0 Å². The second kappa shape index (κ2) is 6.94. The van der Waals surface area contributed by atoms with Crippen molar-refractivity contribution in [2.75, 3.05) is 31.1 Å². The summed E-state index contributed by atoms with van der Waals surface area (Å²) < 4.78 is 0. The number of benzene rings is 1. The van der Waals surface area contributed by atoms with Crippen LogP contribution < -0.4 is 10.6 Å². The fraction of sp³-hybridized carbons (Fsp3) is 0.450. The highest BCUT2D eigenvalue weighted by Crippen LogP contribution is 2.31. The number of hydrogen-bond donors (Lipinski definition) is 1. The molecule has 26 heavy (non-hydrogen) atoms. The van der Waals surface area contributed by atoms with Crippen molar-refractivity contribution < 1.29 is 9.59 Å². The highest BCUT2D eigenvalue weighted by Gasteiger charge is 2.29. The van der Waals surface area contributed by atoms with Crippen LogP contribution in [0, 0.1) is 0 Å². The number of primary amides is 1. The zero-order valence-electron chi connectivity index (χ0n) is 14.9. The van der Waals surface area contributed by atoms with Crippen LogP contribution in [0.5, 0.6) is 0 Å². The van der Waals surface area contributed by atoms with Crippen molar-refractivity contribution in [2.45, 2.75) is 32.1 Å². The number of nitrogens with two attached hydrogens (primary N) is 1. The van der Waals surface area contributed by atoms with Crippen LogP contribution in [-0.4, -0.2) is 48.6 Å². The predicted molar refractivity (Wildman–Crippen MR) is 101 cm³/mol. The molecule has 0 aromatic heterocycles. The molecule has 0 spiro atoms. The Morgan fingerprint density at radius 1 is 1.00 bits per heavy atom. The molecule has 0 radical (unpaired) electrons. The van der Waals surface area contributed by atoms with E-state index in [1.807, 2.05) is 18.2 Å². The Kier molecular flexibility index (Phi) is 4.49. The molecule has 1 fully saturated rings. The van der Waals surface area contributed by atoms with Crippen molar-refractivity contribution in [3.05, 3.63) is 41.1 Å². The van der Waals surface area contributed by atoms with Gasteiger partial charge in [0.25, 0.3) is 5.91 Å². The Morgan fingerprint density at radius 2 is 1.69 bits per heavy atom. The quantitative estimate of drug-likeness (QED) is 0.884. The Labute approximate surface area is 153 Å². The lowest BCUT2D eigenvalue weighted by Gasteiger charge is -2.39. The van der Waals surface area contributed by atoms with E-state index >= 15 is 0 Å². The van der Waals surface area contributed by atoms with Crippen molar-refractivity contribution in [1.82, 2.24) is 4.90 Å². The summed E-state index contributed by atoms with van der Waals surface area (Å²) in [5.41, 5.74) is 8.94. The zero-order valence-corrected chi connectivity index (χ0v) is 14.9. The van der Waals surface area contributed by atoms with Gasteiger partial charge in [0, 0.05) is 43.1 Å². The first-order chi connectivity index (χ1) is 12.6. The molecule has 136 valence electrons. The largest absolute Gasteiger partial charge is 0.367 e. The van der Waals surface area contributed by atoms with Crippen LogP contribution in [0.15, 0.2) is 40.5 Å². The molecule has 1 aromatic carbocycles. The van der Waals surface area contributed by atoms with Crippen molar-refractivity contribution >= 4 is 23.2 Å². The molecule has 6 nitrogen and oxygen atoms in total. The highest BCUT2D eigenvalue weighted by molar-refractivity contribution is 6.11. The molecule has 0 bridgehead atoms. The van der Waals surface area contributed by atoms with Crippen LogP contribution in [0.2, 0.25) is 0 Å². The Bertz CT molecular complexity index is 804. The number of allylic oxidation sites excluding steroid dienone is 2. The molecule has 1 amide bonds. The van der Waals surface area contributed by atoms with E-state index in [0.717, 1.165) is 74.7 Å². The van der Waals surface area contributed by atoms with E-state index in [9.17, 15) is 9.59 Å². The minimum atomic E-state index is -0.401. The number of amides is 1. The topological polar surface area (TPSA) is 79.0 Å². The molecule has 4 rings (SSSR count). The first kappa shape index (κ1) is 16.8. The first-order valence-corrected chi connectivity index (χ1v) is 9.35. The number of hydrogen-bond acceptors (Lipinski definition) is 5. The fourth-order valence-electron chi connectivity index (χ4n) is 4.10. The molecule has 0 saturated carbocycles. The maximum absolute atomic E-state index is 12.5. The lowest BCUT2D eigenvalue weighted by molar-refractivity contribution is -0.115. The first-order valence-electron chi connectivity index (χ1n) is 9.35. The van der Waals surface area contributed by atoms with E-state index in [2.05, 4.69) is 9.80 Å². The van der Waals surface area contributed by atoms with Crippen LogP contribution in [0.1, 0.15) is 42.5 Å². The SMILES string of the molecule is NC(=O)c1ccccc1N1CCN(C2=NC3=C(CCCC3)C(=O)C2)CC1. The van der Waals surface area contributed by atoms with Crippen LogP contribution in [0.4, 0.5) is 5.69 Å². The number of piperazine rings is 1. The van der Waals surface area contributed by atoms with Crippen LogP contribution >= 0.6 is 0 Å². The van der Waals surface area contributed by atoms with E-state index < -0.39 is 5.91 Å². The minimum absolute atomic E-state index is 0.256. The van der Waals surface area contributed by atoms with E-state index in [0.29, 0.717) is 12.0 Å². The third kappa shape index (κ3) is 3.11. The van der Waals surface area contributed by atoms with E-state index in [1.165, 1.54) is 0 Å². The average Bonchev–Trinajstić information content (AvgIpc) is 2.68. The average molecular weight is 352 g/mol. The van der Waals surface area contributed by atoms with Crippen molar-refractivity contribution in [3.63, 3.8) is 0 Å². The summed E-state index contributed by atoms with van der Waals surface area (Å²) in [6.07, 6.45) is 4.48. The minimum Gasteiger partial charge on any atom is -0.367 e. The maximum Gasteiger partial charge on any atom is 0.250 e. The maximum atomic E-state index is 12.5. The smallest absolute Gasteiger partial charge is 0.250 e. The summed E-state index contributed by atoms with van der Waals surface area (Å²) in [6, 6.07) is 7.47. The lowest BCUT2D eigenvalue weighted by atomic mass is 9.90. The number of para-hydroxylation sites is 1. The molecular weight excluding hydrogens is 328 g/mol. The summed E-state index contributed by atoms with van der Waals surface area (Å²) in [6.45, 7) is 3.15. The zero-order chi connectivity index (χ0) is 18.1.